The molecule has 0 aliphatic carbocycles. The zero-order valence-corrected chi connectivity index (χ0v) is 19.8. The Bertz CT molecular complexity index is 1210. The van der Waals surface area contributed by atoms with Crippen molar-refractivity contribution in [3.63, 3.8) is 0 Å². The van der Waals surface area contributed by atoms with Crippen LogP contribution in [0.5, 0.6) is 11.5 Å². The Morgan fingerprint density at radius 1 is 0.879 bits per heavy atom. The third-order valence-corrected chi connectivity index (χ3v) is 6.18. The Morgan fingerprint density at radius 3 is 2.15 bits per heavy atom. The monoisotopic (exact) mass is 488 g/mol. The molecule has 33 heavy (non-hydrogen) atoms. The average molecular weight is 489 g/mol. The van der Waals surface area contributed by atoms with E-state index in [9.17, 15) is 14.4 Å². The molecule has 172 valence electrons. The molecule has 3 aromatic rings. The third-order valence-electron chi connectivity index (χ3n) is 4.72. The topological polar surface area (TPSA) is 103 Å². The summed E-state index contributed by atoms with van der Waals surface area (Å²) in [6.07, 6.45) is 0. The molecule has 2 aromatic carbocycles. The molecule has 0 radical (unpaired) electrons. The molecule has 1 heterocycles. The summed E-state index contributed by atoms with van der Waals surface area (Å²) < 4.78 is 15.3. The van der Waals surface area contributed by atoms with Gasteiger partial charge >= 0.3 is 5.97 Å². The average Bonchev–Trinajstić information content (AvgIpc) is 3.15. The van der Waals surface area contributed by atoms with Gasteiger partial charge < -0.3 is 24.8 Å². The van der Waals surface area contributed by atoms with Gasteiger partial charge in [-0.3, -0.25) is 9.59 Å². The molecular weight excluding hydrogens is 468 g/mol. The minimum Gasteiger partial charge on any atom is -0.493 e. The molecule has 0 aliphatic rings. The first kappa shape index (κ1) is 24.1. The third kappa shape index (κ3) is 5.27. The summed E-state index contributed by atoms with van der Waals surface area (Å²) in [5.41, 5.74) is 1.31. The zero-order valence-electron chi connectivity index (χ0n) is 18.3. The maximum absolute atomic E-state index is 12.9. The number of hydrogen-bond donors (Lipinski definition) is 2. The maximum atomic E-state index is 12.9. The van der Waals surface area contributed by atoms with Gasteiger partial charge in [-0.2, -0.15) is 0 Å². The van der Waals surface area contributed by atoms with Gasteiger partial charge in [-0.25, -0.2) is 4.79 Å². The number of esters is 1. The van der Waals surface area contributed by atoms with Gasteiger partial charge in [0.2, 0.25) is 0 Å². The molecule has 0 aliphatic heterocycles. The second-order valence-electron chi connectivity index (χ2n) is 6.74. The summed E-state index contributed by atoms with van der Waals surface area (Å²) in [5, 5.41) is 6.19. The number of hydrogen-bond acceptors (Lipinski definition) is 7. The Labute approximate surface area is 199 Å². The highest BCUT2D eigenvalue weighted by Crippen LogP contribution is 2.35. The molecule has 1 aromatic heterocycles. The predicted molar refractivity (Wildman–Crippen MR) is 127 cm³/mol. The van der Waals surface area contributed by atoms with E-state index in [4.69, 9.17) is 25.8 Å². The SMILES string of the molecule is COC(=O)c1c(NC(=O)c2ccc(OC)c(OC)c2)sc(C(=O)Nc2ccc(Cl)cc2)c1C. The number of ether oxygens (including phenoxy) is 3. The van der Waals surface area contributed by atoms with Gasteiger partial charge in [0.15, 0.2) is 11.5 Å². The molecular formula is C23H21ClN2O6S. The maximum Gasteiger partial charge on any atom is 0.341 e. The Kier molecular flexibility index (Phi) is 7.57. The van der Waals surface area contributed by atoms with Crippen LogP contribution >= 0.6 is 22.9 Å². The normalized spacial score (nSPS) is 10.3. The molecule has 10 heteroatoms. The quantitative estimate of drug-likeness (QED) is 0.453. The van der Waals surface area contributed by atoms with Crippen molar-refractivity contribution in [2.75, 3.05) is 32.0 Å². The molecule has 0 spiro atoms. The molecule has 0 unspecified atom stereocenters. The van der Waals surface area contributed by atoms with E-state index in [1.165, 1.54) is 27.4 Å². The summed E-state index contributed by atoms with van der Waals surface area (Å²) in [4.78, 5) is 38.5. The standard InChI is InChI=1S/C23H21ClN2O6S/c1-12-18(23(29)32-4)22(26-20(27)13-5-10-16(30-2)17(11-13)31-3)33-19(12)21(28)25-15-8-6-14(24)7-9-15/h5-11H,1-4H3,(H,25,28)(H,26,27). The summed E-state index contributed by atoms with van der Waals surface area (Å²) in [7, 11) is 4.18. The first-order valence-electron chi connectivity index (χ1n) is 9.61. The Balaban J connectivity index is 1.92. The molecule has 2 N–H and O–H groups in total. The lowest BCUT2D eigenvalue weighted by atomic mass is 10.1. The van der Waals surface area contributed by atoms with Crippen molar-refractivity contribution in [3.8, 4) is 11.5 Å². The molecule has 2 amide bonds. The highest BCUT2D eigenvalue weighted by Gasteiger charge is 2.27. The number of carbonyl (C=O) groups excluding carboxylic acids is 3. The van der Waals surface area contributed by atoms with E-state index < -0.39 is 17.8 Å². The van der Waals surface area contributed by atoms with Crippen molar-refractivity contribution < 1.29 is 28.6 Å². The van der Waals surface area contributed by atoms with Crippen LogP contribution in [0.1, 0.15) is 36.0 Å². The van der Waals surface area contributed by atoms with Crippen LogP contribution < -0.4 is 20.1 Å². The van der Waals surface area contributed by atoms with E-state index in [-0.39, 0.29) is 21.0 Å². The van der Waals surface area contributed by atoms with Gasteiger partial charge in [-0.15, -0.1) is 11.3 Å². The van der Waals surface area contributed by atoms with Gasteiger partial charge in [-0.05, 0) is 55.0 Å². The lowest BCUT2D eigenvalue weighted by Gasteiger charge is -2.10. The number of amides is 2. The molecule has 0 saturated carbocycles. The minimum absolute atomic E-state index is 0.109. The van der Waals surface area contributed by atoms with E-state index in [0.29, 0.717) is 27.8 Å². The lowest BCUT2D eigenvalue weighted by Crippen LogP contribution is -2.14. The van der Waals surface area contributed by atoms with Crippen LogP contribution in [-0.2, 0) is 4.74 Å². The fourth-order valence-electron chi connectivity index (χ4n) is 3.04. The molecule has 0 bridgehead atoms. The first-order chi connectivity index (χ1) is 15.8. The van der Waals surface area contributed by atoms with Crippen LogP contribution in [0.3, 0.4) is 0 Å². The van der Waals surface area contributed by atoms with Crippen LogP contribution in [0.15, 0.2) is 42.5 Å². The molecule has 3 rings (SSSR count). The molecule has 0 saturated heterocycles. The summed E-state index contributed by atoms with van der Waals surface area (Å²) in [5.74, 6) is -0.748. The van der Waals surface area contributed by atoms with Crippen molar-refractivity contribution in [1.82, 2.24) is 0 Å². The van der Waals surface area contributed by atoms with Gasteiger partial charge in [0.05, 0.1) is 31.8 Å². The zero-order chi connectivity index (χ0) is 24.1. The van der Waals surface area contributed by atoms with Gasteiger partial charge in [0, 0.05) is 16.3 Å². The van der Waals surface area contributed by atoms with E-state index in [2.05, 4.69) is 10.6 Å². The van der Waals surface area contributed by atoms with Crippen LogP contribution in [-0.4, -0.2) is 39.1 Å². The van der Waals surface area contributed by atoms with Crippen molar-refractivity contribution in [2.45, 2.75) is 6.92 Å². The van der Waals surface area contributed by atoms with E-state index in [1.807, 2.05) is 0 Å². The van der Waals surface area contributed by atoms with E-state index in [0.717, 1.165) is 11.3 Å². The second kappa shape index (κ2) is 10.4. The number of halogens is 1. The van der Waals surface area contributed by atoms with Crippen molar-refractivity contribution in [3.05, 3.63) is 69.1 Å². The largest absolute Gasteiger partial charge is 0.493 e. The number of thiophene rings is 1. The second-order valence-corrected chi connectivity index (χ2v) is 8.19. The van der Waals surface area contributed by atoms with Crippen LogP contribution in [0.25, 0.3) is 0 Å². The number of benzene rings is 2. The number of anilines is 2. The number of carbonyl (C=O) groups is 3. The predicted octanol–water partition coefficient (Wildman–Crippen LogP) is 5.02. The highest BCUT2D eigenvalue weighted by molar-refractivity contribution is 7.19. The number of rotatable bonds is 7. The Morgan fingerprint density at radius 2 is 1.55 bits per heavy atom. The van der Waals surface area contributed by atoms with Gasteiger partial charge in [-0.1, -0.05) is 11.6 Å². The van der Waals surface area contributed by atoms with Crippen LogP contribution in [0.2, 0.25) is 5.02 Å². The number of nitrogens with one attached hydrogen (secondary N) is 2. The smallest absolute Gasteiger partial charge is 0.341 e. The molecule has 0 fully saturated rings. The fourth-order valence-corrected chi connectivity index (χ4v) is 4.25. The van der Waals surface area contributed by atoms with Crippen molar-refractivity contribution >= 4 is 51.4 Å². The fraction of sp³-hybridized carbons (Fsp3) is 0.174. The van der Waals surface area contributed by atoms with E-state index >= 15 is 0 Å². The summed E-state index contributed by atoms with van der Waals surface area (Å²) >= 11 is 6.86. The minimum atomic E-state index is -0.670. The summed E-state index contributed by atoms with van der Waals surface area (Å²) in [6, 6.07) is 11.3. The van der Waals surface area contributed by atoms with Crippen molar-refractivity contribution in [1.29, 1.82) is 0 Å². The van der Waals surface area contributed by atoms with Gasteiger partial charge in [0.1, 0.15) is 5.00 Å². The Hall–Kier alpha value is -3.56. The first-order valence-corrected chi connectivity index (χ1v) is 10.8. The lowest BCUT2D eigenvalue weighted by molar-refractivity contribution is 0.0601. The molecule has 0 atom stereocenters. The highest BCUT2D eigenvalue weighted by atomic mass is 35.5. The van der Waals surface area contributed by atoms with E-state index in [1.54, 1.807) is 43.3 Å². The van der Waals surface area contributed by atoms with Gasteiger partial charge in [0.25, 0.3) is 11.8 Å². The van der Waals surface area contributed by atoms with Crippen LogP contribution in [0.4, 0.5) is 10.7 Å². The summed E-state index contributed by atoms with van der Waals surface area (Å²) in [6.45, 7) is 1.62. The van der Waals surface area contributed by atoms with Crippen LogP contribution in [0, 0.1) is 6.92 Å². The van der Waals surface area contributed by atoms with Crippen molar-refractivity contribution in [2.24, 2.45) is 0 Å². The number of methoxy groups -OCH3 is 3. The molecule has 8 nitrogen and oxygen atoms in total.